The first-order chi connectivity index (χ1) is 11.3. The molecule has 0 fully saturated rings. The summed E-state index contributed by atoms with van der Waals surface area (Å²) in [7, 11) is 1.58. The Morgan fingerprint density at radius 1 is 1.26 bits per heavy atom. The molecule has 0 aliphatic rings. The van der Waals surface area contributed by atoms with E-state index in [1.165, 1.54) is 11.8 Å². The van der Waals surface area contributed by atoms with E-state index in [4.69, 9.17) is 13.6 Å². The van der Waals surface area contributed by atoms with Gasteiger partial charge in [-0.1, -0.05) is 23.9 Å². The van der Waals surface area contributed by atoms with Gasteiger partial charge >= 0.3 is 0 Å². The SMILES string of the molecule is COCCNC(=O)c1ccc(CSc2nc3ccccc3o2)o1. The Morgan fingerprint density at radius 3 is 2.96 bits per heavy atom. The molecule has 1 aromatic carbocycles. The van der Waals surface area contributed by atoms with Gasteiger partial charge in [-0.15, -0.1) is 0 Å². The highest BCUT2D eigenvalue weighted by molar-refractivity contribution is 7.98. The Labute approximate surface area is 137 Å². The molecule has 6 nitrogen and oxygen atoms in total. The molecule has 0 atom stereocenters. The van der Waals surface area contributed by atoms with Crippen LogP contribution in [-0.4, -0.2) is 31.2 Å². The van der Waals surface area contributed by atoms with Crippen LogP contribution in [0.25, 0.3) is 11.1 Å². The average molecular weight is 332 g/mol. The smallest absolute Gasteiger partial charge is 0.287 e. The van der Waals surface area contributed by atoms with E-state index in [1.807, 2.05) is 24.3 Å². The van der Waals surface area contributed by atoms with Crippen molar-refractivity contribution >= 4 is 28.8 Å². The molecule has 2 heterocycles. The molecule has 0 saturated carbocycles. The van der Waals surface area contributed by atoms with Gasteiger partial charge in [-0.25, -0.2) is 4.98 Å². The van der Waals surface area contributed by atoms with Crippen molar-refractivity contribution in [2.24, 2.45) is 0 Å². The molecule has 0 saturated heterocycles. The number of ether oxygens (including phenoxy) is 1. The second kappa shape index (κ2) is 7.34. The summed E-state index contributed by atoms with van der Waals surface area (Å²) >= 11 is 1.42. The number of furan rings is 1. The number of oxazole rings is 1. The number of nitrogens with one attached hydrogen (secondary N) is 1. The van der Waals surface area contributed by atoms with Crippen LogP contribution in [0.3, 0.4) is 0 Å². The number of thioether (sulfide) groups is 1. The number of carbonyl (C=O) groups is 1. The van der Waals surface area contributed by atoms with Gasteiger partial charge in [-0.3, -0.25) is 4.79 Å². The molecule has 0 aliphatic carbocycles. The molecule has 120 valence electrons. The zero-order valence-electron chi connectivity index (χ0n) is 12.6. The Kier molecular flexibility index (Phi) is 4.99. The van der Waals surface area contributed by atoms with Gasteiger partial charge in [0.1, 0.15) is 11.3 Å². The lowest BCUT2D eigenvalue weighted by Crippen LogP contribution is -2.26. The van der Waals surface area contributed by atoms with Gasteiger partial charge < -0.3 is 18.9 Å². The van der Waals surface area contributed by atoms with E-state index >= 15 is 0 Å². The quantitative estimate of drug-likeness (QED) is 0.529. The van der Waals surface area contributed by atoms with Gasteiger partial charge in [0.05, 0.1) is 12.4 Å². The zero-order valence-corrected chi connectivity index (χ0v) is 13.4. The number of hydrogen-bond acceptors (Lipinski definition) is 6. The molecule has 0 unspecified atom stereocenters. The number of fused-ring (bicyclic) bond motifs is 1. The highest BCUT2D eigenvalue weighted by Gasteiger charge is 2.12. The lowest BCUT2D eigenvalue weighted by molar-refractivity contribution is 0.0908. The van der Waals surface area contributed by atoms with E-state index in [0.29, 0.717) is 29.9 Å². The van der Waals surface area contributed by atoms with E-state index in [0.717, 1.165) is 11.1 Å². The molecule has 23 heavy (non-hydrogen) atoms. The summed E-state index contributed by atoms with van der Waals surface area (Å²) in [5, 5.41) is 3.29. The van der Waals surface area contributed by atoms with Crippen LogP contribution in [0.2, 0.25) is 0 Å². The Bertz CT molecular complexity index is 763. The molecule has 2 aromatic heterocycles. The third-order valence-electron chi connectivity index (χ3n) is 3.09. The summed E-state index contributed by atoms with van der Waals surface area (Å²) in [4.78, 5) is 16.2. The molecule has 3 aromatic rings. The maximum Gasteiger partial charge on any atom is 0.287 e. The summed E-state index contributed by atoms with van der Waals surface area (Å²) in [5.74, 6) is 1.27. The van der Waals surface area contributed by atoms with Crippen molar-refractivity contribution < 1.29 is 18.4 Å². The predicted molar refractivity (Wildman–Crippen MR) is 86.5 cm³/mol. The molecule has 7 heteroatoms. The number of benzene rings is 1. The maximum atomic E-state index is 11.8. The van der Waals surface area contributed by atoms with E-state index in [1.54, 1.807) is 19.2 Å². The first-order valence-electron chi connectivity index (χ1n) is 7.10. The molecular weight excluding hydrogens is 316 g/mol. The van der Waals surface area contributed by atoms with Crippen molar-refractivity contribution in [1.29, 1.82) is 0 Å². The van der Waals surface area contributed by atoms with Crippen LogP contribution >= 0.6 is 11.8 Å². The number of aromatic nitrogens is 1. The van der Waals surface area contributed by atoms with E-state index in [-0.39, 0.29) is 11.7 Å². The minimum Gasteiger partial charge on any atom is -0.455 e. The minimum absolute atomic E-state index is 0.250. The second-order valence-electron chi connectivity index (χ2n) is 4.75. The lowest BCUT2D eigenvalue weighted by atomic mass is 10.3. The van der Waals surface area contributed by atoms with Gasteiger partial charge in [0, 0.05) is 13.7 Å². The molecule has 3 rings (SSSR count). The van der Waals surface area contributed by atoms with Crippen molar-refractivity contribution in [2.45, 2.75) is 11.0 Å². The van der Waals surface area contributed by atoms with Crippen LogP contribution in [0.1, 0.15) is 16.3 Å². The molecule has 0 bridgehead atoms. The Morgan fingerprint density at radius 2 is 2.13 bits per heavy atom. The number of carbonyl (C=O) groups excluding carboxylic acids is 1. The number of para-hydroxylation sites is 2. The fourth-order valence-electron chi connectivity index (χ4n) is 1.98. The van der Waals surface area contributed by atoms with Crippen molar-refractivity contribution in [2.75, 3.05) is 20.3 Å². The van der Waals surface area contributed by atoms with Crippen LogP contribution in [-0.2, 0) is 10.5 Å². The van der Waals surface area contributed by atoms with Crippen LogP contribution in [0.4, 0.5) is 0 Å². The van der Waals surface area contributed by atoms with E-state index < -0.39 is 0 Å². The summed E-state index contributed by atoms with van der Waals surface area (Å²) in [5.41, 5.74) is 1.58. The molecule has 1 amide bonds. The zero-order chi connectivity index (χ0) is 16.1. The van der Waals surface area contributed by atoms with Crippen LogP contribution in [0.15, 0.2) is 50.5 Å². The number of rotatable bonds is 7. The van der Waals surface area contributed by atoms with Gasteiger partial charge in [-0.2, -0.15) is 0 Å². The van der Waals surface area contributed by atoms with Crippen molar-refractivity contribution in [3.63, 3.8) is 0 Å². The summed E-state index contributed by atoms with van der Waals surface area (Å²) in [6.45, 7) is 0.913. The number of methoxy groups -OCH3 is 1. The molecule has 0 aliphatic heterocycles. The topological polar surface area (TPSA) is 77.5 Å². The Hall–Kier alpha value is -2.25. The van der Waals surface area contributed by atoms with Gasteiger partial charge in [0.15, 0.2) is 11.3 Å². The van der Waals surface area contributed by atoms with Crippen molar-refractivity contribution in [1.82, 2.24) is 10.3 Å². The molecule has 1 N–H and O–H groups in total. The maximum absolute atomic E-state index is 11.8. The monoisotopic (exact) mass is 332 g/mol. The van der Waals surface area contributed by atoms with E-state index in [2.05, 4.69) is 10.3 Å². The molecule has 0 radical (unpaired) electrons. The van der Waals surface area contributed by atoms with E-state index in [9.17, 15) is 4.79 Å². The average Bonchev–Trinajstić information content (AvgIpc) is 3.19. The first-order valence-corrected chi connectivity index (χ1v) is 8.09. The Balaban J connectivity index is 1.57. The lowest BCUT2D eigenvalue weighted by Gasteiger charge is -2.01. The molecule has 0 spiro atoms. The van der Waals surface area contributed by atoms with Gasteiger partial charge in [0.25, 0.3) is 11.1 Å². The number of amides is 1. The van der Waals surface area contributed by atoms with Crippen molar-refractivity contribution in [3.05, 3.63) is 47.9 Å². The summed E-state index contributed by atoms with van der Waals surface area (Å²) in [6, 6.07) is 11.0. The fourth-order valence-corrected chi connectivity index (χ4v) is 2.71. The largest absolute Gasteiger partial charge is 0.455 e. The van der Waals surface area contributed by atoms with Crippen molar-refractivity contribution in [3.8, 4) is 0 Å². The third-order valence-corrected chi connectivity index (χ3v) is 3.94. The summed E-state index contributed by atoms with van der Waals surface area (Å²) < 4.78 is 16.0. The molecular formula is C16H16N2O4S. The van der Waals surface area contributed by atoms with Gasteiger partial charge in [-0.05, 0) is 24.3 Å². The highest BCUT2D eigenvalue weighted by atomic mass is 32.2. The summed E-state index contributed by atoms with van der Waals surface area (Å²) in [6.07, 6.45) is 0. The van der Waals surface area contributed by atoms with Crippen LogP contribution < -0.4 is 5.32 Å². The second-order valence-corrected chi connectivity index (χ2v) is 5.68. The minimum atomic E-state index is -0.250. The van der Waals surface area contributed by atoms with Crippen LogP contribution in [0, 0.1) is 0 Å². The number of nitrogens with zero attached hydrogens (tertiary/aromatic N) is 1. The fraction of sp³-hybridized carbons (Fsp3) is 0.250. The highest BCUT2D eigenvalue weighted by Crippen LogP contribution is 2.26. The predicted octanol–water partition coefficient (Wildman–Crippen LogP) is 3.09. The normalized spacial score (nSPS) is 11.0. The standard InChI is InChI=1S/C16H16N2O4S/c1-20-9-8-17-15(19)14-7-6-11(21-14)10-23-16-18-12-4-2-3-5-13(12)22-16/h2-7H,8-10H2,1H3,(H,17,19). The van der Waals surface area contributed by atoms with Gasteiger partial charge in [0.2, 0.25) is 0 Å². The first kappa shape index (κ1) is 15.6. The third kappa shape index (κ3) is 3.94. The van der Waals surface area contributed by atoms with Crippen LogP contribution in [0.5, 0.6) is 0 Å². The number of hydrogen-bond donors (Lipinski definition) is 1.